The Kier molecular flexibility index (Phi) is 6.44. The van der Waals surface area contributed by atoms with Gasteiger partial charge in [0.15, 0.2) is 5.25 Å². The third kappa shape index (κ3) is 5.56. The molecule has 19 heavy (non-hydrogen) atoms. The van der Waals surface area contributed by atoms with E-state index in [2.05, 4.69) is 4.72 Å². The summed E-state index contributed by atoms with van der Waals surface area (Å²) in [6.45, 7) is 4.82. The summed E-state index contributed by atoms with van der Waals surface area (Å²) in [7, 11) is -1.13. The van der Waals surface area contributed by atoms with Gasteiger partial charge in [0.25, 0.3) is 0 Å². The van der Waals surface area contributed by atoms with Crippen molar-refractivity contribution in [2.24, 2.45) is 5.92 Å². The van der Waals surface area contributed by atoms with E-state index >= 15 is 0 Å². The number of carboxylic acids is 1. The molecule has 7 nitrogen and oxygen atoms in total. The molecular formula is C11H22N2O5S. The number of carbonyl (C=O) groups excluding carboxylic acids is 1. The normalized spacial score (nSPS) is 15.1. The number of aliphatic carboxylic acids is 1. The molecule has 2 unspecified atom stereocenters. The van der Waals surface area contributed by atoms with Gasteiger partial charge >= 0.3 is 5.97 Å². The fraction of sp³-hybridized carbons (Fsp3) is 0.818. The molecule has 0 aliphatic heterocycles. The van der Waals surface area contributed by atoms with Crippen LogP contribution in [-0.2, 0) is 19.6 Å². The van der Waals surface area contributed by atoms with Crippen molar-refractivity contribution in [3.8, 4) is 0 Å². The number of hydrogen-bond acceptors (Lipinski definition) is 4. The van der Waals surface area contributed by atoms with Crippen LogP contribution in [0.1, 0.15) is 27.2 Å². The smallest absolute Gasteiger partial charge is 0.321 e. The minimum absolute atomic E-state index is 0.0173. The monoisotopic (exact) mass is 294 g/mol. The van der Waals surface area contributed by atoms with Crippen LogP contribution < -0.4 is 4.72 Å². The van der Waals surface area contributed by atoms with E-state index in [1.165, 1.54) is 21.0 Å². The van der Waals surface area contributed by atoms with Gasteiger partial charge in [-0.2, -0.15) is 0 Å². The topological polar surface area (TPSA) is 104 Å². The Labute approximate surface area is 114 Å². The first-order valence-electron chi connectivity index (χ1n) is 5.94. The molecule has 0 rings (SSSR count). The third-order valence-corrected chi connectivity index (χ3v) is 4.31. The van der Waals surface area contributed by atoms with Crippen LogP contribution in [0.25, 0.3) is 0 Å². The molecule has 0 fully saturated rings. The second kappa shape index (κ2) is 6.85. The molecule has 0 saturated heterocycles. The van der Waals surface area contributed by atoms with Gasteiger partial charge in [0.2, 0.25) is 15.9 Å². The molecule has 0 saturated carbocycles. The molecule has 0 radical (unpaired) electrons. The summed E-state index contributed by atoms with van der Waals surface area (Å²) >= 11 is 0. The fourth-order valence-electron chi connectivity index (χ4n) is 1.47. The minimum atomic E-state index is -4.02. The molecule has 0 bridgehead atoms. The standard InChI is InChI=1S/C11H22N2O5S/c1-7(2)6-9(11(15)16)12-19(17,18)8(3)10(14)13(4)5/h7-9,12H,6H2,1-5H3,(H,15,16). The Morgan fingerprint density at radius 1 is 1.21 bits per heavy atom. The van der Waals surface area contributed by atoms with Crippen molar-refractivity contribution in [2.45, 2.75) is 38.5 Å². The quantitative estimate of drug-likeness (QED) is 0.681. The zero-order chi connectivity index (χ0) is 15.4. The number of amides is 1. The Morgan fingerprint density at radius 3 is 2.00 bits per heavy atom. The van der Waals surface area contributed by atoms with Crippen molar-refractivity contribution in [1.82, 2.24) is 9.62 Å². The lowest BCUT2D eigenvalue weighted by atomic mass is 10.1. The Bertz CT molecular complexity index is 430. The summed E-state index contributed by atoms with van der Waals surface area (Å²) in [5.74, 6) is -1.83. The van der Waals surface area contributed by atoms with Gasteiger partial charge in [0, 0.05) is 14.1 Å². The Balaban J connectivity index is 5.01. The summed E-state index contributed by atoms with van der Waals surface area (Å²) < 4.78 is 26.0. The maximum atomic E-state index is 12.0. The van der Waals surface area contributed by atoms with Crippen LogP contribution in [0.3, 0.4) is 0 Å². The predicted octanol–water partition coefficient (Wildman–Crippen LogP) is -0.118. The maximum Gasteiger partial charge on any atom is 0.321 e. The van der Waals surface area contributed by atoms with Crippen molar-refractivity contribution in [3.63, 3.8) is 0 Å². The lowest BCUT2D eigenvalue weighted by Crippen LogP contribution is -2.49. The van der Waals surface area contributed by atoms with Gasteiger partial charge in [-0.05, 0) is 19.3 Å². The van der Waals surface area contributed by atoms with Crippen LogP contribution in [0.4, 0.5) is 0 Å². The maximum absolute atomic E-state index is 12.0. The first-order chi connectivity index (χ1) is 8.49. The fourth-order valence-corrected chi connectivity index (χ4v) is 2.74. The zero-order valence-electron chi connectivity index (χ0n) is 11.9. The van der Waals surface area contributed by atoms with Crippen molar-refractivity contribution in [1.29, 1.82) is 0 Å². The van der Waals surface area contributed by atoms with Crippen molar-refractivity contribution >= 4 is 21.9 Å². The SMILES string of the molecule is CC(C)CC(NS(=O)(=O)C(C)C(=O)N(C)C)C(=O)O. The number of rotatable bonds is 7. The van der Waals surface area contributed by atoms with E-state index in [1.807, 2.05) is 0 Å². The number of nitrogens with zero attached hydrogens (tertiary/aromatic N) is 1. The second-order valence-corrected chi connectivity index (χ2v) is 7.09. The number of nitrogens with one attached hydrogen (secondary N) is 1. The minimum Gasteiger partial charge on any atom is -0.480 e. The number of hydrogen-bond donors (Lipinski definition) is 2. The molecular weight excluding hydrogens is 272 g/mol. The highest BCUT2D eigenvalue weighted by Gasteiger charge is 2.33. The van der Waals surface area contributed by atoms with Crippen LogP contribution in [0.2, 0.25) is 0 Å². The number of carboxylic acid groups (broad SMARTS) is 1. The molecule has 8 heteroatoms. The third-order valence-electron chi connectivity index (χ3n) is 2.57. The van der Waals surface area contributed by atoms with Gasteiger partial charge in [-0.25, -0.2) is 13.1 Å². The second-order valence-electron chi connectivity index (χ2n) is 5.06. The van der Waals surface area contributed by atoms with Crippen molar-refractivity contribution in [2.75, 3.05) is 14.1 Å². The van der Waals surface area contributed by atoms with Gasteiger partial charge in [0.1, 0.15) is 6.04 Å². The van der Waals surface area contributed by atoms with Crippen molar-refractivity contribution in [3.05, 3.63) is 0 Å². The van der Waals surface area contributed by atoms with Gasteiger partial charge in [-0.1, -0.05) is 13.8 Å². The average molecular weight is 294 g/mol. The summed E-state index contributed by atoms with van der Waals surface area (Å²) in [5, 5.41) is 7.67. The first-order valence-corrected chi connectivity index (χ1v) is 7.48. The van der Waals surface area contributed by atoms with Gasteiger partial charge in [0.05, 0.1) is 0 Å². The van der Waals surface area contributed by atoms with Gasteiger partial charge in [-0.15, -0.1) is 0 Å². The molecule has 112 valence electrons. The highest BCUT2D eigenvalue weighted by atomic mass is 32.2. The van der Waals surface area contributed by atoms with Crippen LogP contribution >= 0.6 is 0 Å². The van der Waals surface area contributed by atoms with Crippen LogP contribution in [-0.4, -0.2) is 55.7 Å². The van der Waals surface area contributed by atoms with E-state index in [-0.39, 0.29) is 12.3 Å². The number of sulfonamides is 1. The van der Waals surface area contributed by atoms with E-state index in [4.69, 9.17) is 5.11 Å². The lowest BCUT2D eigenvalue weighted by molar-refractivity contribution is -0.139. The Hall–Kier alpha value is -1.15. The van der Waals surface area contributed by atoms with E-state index in [9.17, 15) is 18.0 Å². The predicted molar refractivity (Wildman–Crippen MR) is 71.1 cm³/mol. The van der Waals surface area contributed by atoms with Crippen LogP contribution in [0.5, 0.6) is 0 Å². The highest BCUT2D eigenvalue weighted by molar-refractivity contribution is 7.90. The van der Waals surface area contributed by atoms with E-state index in [0.29, 0.717) is 0 Å². The molecule has 0 aromatic heterocycles. The summed E-state index contributed by atoms with van der Waals surface area (Å²) in [5.41, 5.74) is 0. The van der Waals surface area contributed by atoms with Gasteiger partial charge < -0.3 is 10.0 Å². The van der Waals surface area contributed by atoms with Crippen molar-refractivity contribution < 1.29 is 23.1 Å². The van der Waals surface area contributed by atoms with Crippen LogP contribution in [0.15, 0.2) is 0 Å². The number of carbonyl (C=O) groups is 2. The molecule has 0 spiro atoms. The van der Waals surface area contributed by atoms with E-state index in [0.717, 1.165) is 4.90 Å². The zero-order valence-corrected chi connectivity index (χ0v) is 12.7. The average Bonchev–Trinajstić information content (AvgIpc) is 2.24. The lowest BCUT2D eigenvalue weighted by Gasteiger charge is -2.21. The molecule has 0 aromatic carbocycles. The Morgan fingerprint density at radius 2 is 1.68 bits per heavy atom. The largest absolute Gasteiger partial charge is 0.480 e. The molecule has 0 aromatic rings. The summed E-state index contributed by atoms with van der Waals surface area (Å²) in [6, 6.07) is -1.22. The molecule has 2 atom stereocenters. The highest BCUT2D eigenvalue weighted by Crippen LogP contribution is 2.09. The molecule has 2 N–H and O–H groups in total. The summed E-state index contributed by atoms with van der Waals surface area (Å²) in [4.78, 5) is 23.8. The first kappa shape index (κ1) is 17.8. The van der Waals surface area contributed by atoms with E-state index < -0.39 is 33.2 Å². The summed E-state index contributed by atoms with van der Waals surface area (Å²) in [6.07, 6.45) is 0.164. The molecule has 1 amide bonds. The molecule has 0 aliphatic rings. The van der Waals surface area contributed by atoms with Crippen LogP contribution in [0, 0.1) is 5.92 Å². The molecule has 0 aliphatic carbocycles. The van der Waals surface area contributed by atoms with E-state index in [1.54, 1.807) is 13.8 Å². The van der Waals surface area contributed by atoms with Gasteiger partial charge in [-0.3, -0.25) is 9.59 Å². The molecule has 0 heterocycles.